The molecule has 0 aromatic rings. The molecule has 0 amide bonds. The monoisotopic (exact) mass is 282 g/mol. The smallest absolute Gasteiger partial charge is 0.311 e. The summed E-state index contributed by atoms with van der Waals surface area (Å²) in [4.78, 5) is 12.1. The first kappa shape index (κ1) is 14.3. The molecule has 3 fully saturated rings. The van der Waals surface area contributed by atoms with Crippen LogP contribution in [0, 0.1) is 28.6 Å². The summed E-state index contributed by atoms with van der Waals surface area (Å²) in [5.41, 5.74) is -1.48. The van der Waals surface area contributed by atoms with E-state index in [0.29, 0.717) is 24.7 Å². The van der Waals surface area contributed by atoms with E-state index >= 15 is 0 Å². The van der Waals surface area contributed by atoms with Gasteiger partial charge in [0.25, 0.3) is 0 Å². The van der Waals surface area contributed by atoms with Gasteiger partial charge >= 0.3 is 5.97 Å². The Morgan fingerprint density at radius 1 is 1.20 bits per heavy atom. The van der Waals surface area contributed by atoms with Gasteiger partial charge in [-0.2, -0.15) is 0 Å². The highest BCUT2D eigenvalue weighted by Gasteiger charge is 2.71. The van der Waals surface area contributed by atoms with Crippen molar-refractivity contribution in [2.75, 3.05) is 7.11 Å². The Hall–Kier alpha value is -0.610. The zero-order valence-corrected chi connectivity index (χ0v) is 12.8. The fourth-order valence-electron chi connectivity index (χ4n) is 5.77. The highest BCUT2D eigenvalue weighted by Crippen LogP contribution is 2.70. The maximum absolute atomic E-state index is 12.1. The first-order valence-corrected chi connectivity index (χ1v) is 7.67. The van der Waals surface area contributed by atoms with E-state index in [0.717, 1.165) is 12.8 Å². The molecule has 4 heteroatoms. The third-order valence-electron chi connectivity index (χ3n) is 7.07. The second-order valence-electron chi connectivity index (χ2n) is 7.91. The van der Waals surface area contributed by atoms with E-state index in [9.17, 15) is 15.0 Å². The molecule has 7 atom stereocenters. The van der Waals surface area contributed by atoms with Crippen molar-refractivity contribution < 1.29 is 19.7 Å². The summed E-state index contributed by atoms with van der Waals surface area (Å²) in [5.74, 6) is 0.598. The fraction of sp³-hybridized carbons (Fsp3) is 0.938. The van der Waals surface area contributed by atoms with Gasteiger partial charge in [0, 0.05) is 11.8 Å². The molecule has 3 rings (SSSR count). The minimum Gasteiger partial charge on any atom is -0.469 e. The normalized spacial score (nSPS) is 57.5. The summed E-state index contributed by atoms with van der Waals surface area (Å²) >= 11 is 0. The molecule has 0 aromatic heterocycles. The number of aliphatic hydroxyl groups excluding tert-OH is 1. The number of rotatable bonds is 1. The van der Waals surface area contributed by atoms with Gasteiger partial charge in [0.1, 0.15) is 0 Å². The summed E-state index contributed by atoms with van der Waals surface area (Å²) in [6.07, 6.45) is 2.32. The van der Waals surface area contributed by atoms with Gasteiger partial charge in [-0.15, -0.1) is 0 Å². The van der Waals surface area contributed by atoms with E-state index in [1.54, 1.807) is 0 Å². The van der Waals surface area contributed by atoms with E-state index in [4.69, 9.17) is 4.74 Å². The zero-order valence-electron chi connectivity index (χ0n) is 12.8. The number of hydrogen-bond donors (Lipinski definition) is 2. The highest BCUT2D eigenvalue weighted by molar-refractivity contribution is 5.76. The summed E-state index contributed by atoms with van der Waals surface area (Å²) in [6.45, 7) is 6.13. The summed E-state index contributed by atoms with van der Waals surface area (Å²) in [6, 6.07) is 0. The number of carbonyl (C=O) groups is 1. The molecular weight excluding hydrogens is 256 g/mol. The van der Waals surface area contributed by atoms with E-state index in [1.165, 1.54) is 7.11 Å². The van der Waals surface area contributed by atoms with Gasteiger partial charge in [0.15, 0.2) is 0 Å². The number of ether oxygens (including phenoxy) is 1. The molecule has 2 N–H and O–H groups in total. The number of fused-ring (bicyclic) bond motifs is 3. The molecule has 3 saturated carbocycles. The number of aliphatic hydroxyl groups is 2. The molecule has 0 bridgehead atoms. The van der Waals surface area contributed by atoms with Gasteiger partial charge in [-0.1, -0.05) is 13.8 Å². The van der Waals surface area contributed by atoms with Gasteiger partial charge in [0.2, 0.25) is 0 Å². The summed E-state index contributed by atoms with van der Waals surface area (Å²) in [7, 11) is 1.45. The Morgan fingerprint density at radius 3 is 2.45 bits per heavy atom. The largest absolute Gasteiger partial charge is 0.469 e. The number of esters is 1. The molecular formula is C16H26O4. The van der Waals surface area contributed by atoms with Crippen LogP contribution in [0.15, 0.2) is 0 Å². The highest BCUT2D eigenvalue weighted by atomic mass is 16.5. The maximum atomic E-state index is 12.1. The lowest BCUT2D eigenvalue weighted by atomic mass is 9.66. The first-order chi connectivity index (χ1) is 9.18. The van der Waals surface area contributed by atoms with Crippen LogP contribution in [0.1, 0.15) is 46.5 Å². The predicted octanol–water partition coefficient (Wildman–Crippen LogP) is 1.73. The van der Waals surface area contributed by atoms with Gasteiger partial charge in [-0.3, -0.25) is 4.79 Å². The van der Waals surface area contributed by atoms with Gasteiger partial charge in [-0.05, 0) is 43.9 Å². The predicted molar refractivity (Wildman–Crippen MR) is 73.8 cm³/mol. The van der Waals surface area contributed by atoms with Crippen LogP contribution >= 0.6 is 0 Å². The van der Waals surface area contributed by atoms with Crippen molar-refractivity contribution in [3.63, 3.8) is 0 Å². The Labute approximate surface area is 120 Å². The Kier molecular flexibility index (Phi) is 2.85. The van der Waals surface area contributed by atoms with Crippen molar-refractivity contribution in [2.24, 2.45) is 28.6 Å². The topological polar surface area (TPSA) is 66.8 Å². The van der Waals surface area contributed by atoms with E-state index in [2.05, 4.69) is 6.92 Å². The number of hydrogen-bond acceptors (Lipinski definition) is 4. The average molecular weight is 282 g/mol. The van der Waals surface area contributed by atoms with Crippen LogP contribution in [0.5, 0.6) is 0 Å². The third kappa shape index (κ3) is 1.47. The van der Waals surface area contributed by atoms with Crippen molar-refractivity contribution in [3.8, 4) is 0 Å². The van der Waals surface area contributed by atoms with Crippen molar-refractivity contribution in [1.29, 1.82) is 0 Å². The van der Waals surface area contributed by atoms with Crippen LogP contribution in [0.2, 0.25) is 0 Å². The lowest BCUT2D eigenvalue weighted by Crippen LogP contribution is -2.44. The SMILES string of the molecule is COC(=O)[C@@]1(C)C[C@@H]2C[C@@]3(O)C[C@@H](O)[C@H](C)[C@@]3(C)[C@@H]2C1. The lowest BCUT2D eigenvalue weighted by molar-refractivity contribution is -0.153. The molecule has 0 radical (unpaired) electrons. The molecule has 114 valence electrons. The molecule has 0 aromatic carbocycles. The summed E-state index contributed by atoms with van der Waals surface area (Å²) < 4.78 is 4.97. The minimum absolute atomic E-state index is 0.0718. The van der Waals surface area contributed by atoms with Crippen LogP contribution in [0.4, 0.5) is 0 Å². The van der Waals surface area contributed by atoms with Crippen molar-refractivity contribution >= 4 is 5.97 Å². The molecule has 0 heterocycles. The van der Waals surface area contributed by atoms with Gasteiger partial charge in [0.05, 0.1) is 24.2 Å². The van der Waals surface area contributed by atoms with E-state index in [1.807, 2.05) is 13.8 Å². The Balaban J connectivity index is 1.94. The summed E-state index contributed by atoms with van der Waals surface area (Å²) in [5, 5.41) is 21.2. The lowest BCUT2D eigenvalue weighted by Gasteiger charge is -2.41. The maximum Gasteiger partial charge on any atom is 0.311 e. The molecule has 0 unspecified atom stereocenters. The average Bonchev–Trinajstić information content (AvgIpc) is 2.87. The van der Waals surface area contributed by atoms with Crippen LogP contribution in [0.25, 0.3) is 0 Å². The molecule has 0 spiro atoms. The standard InChI is InChI=1S/C16H26O4/c1-9-12(17)8-16(19)6-10-5-14(2,13(18)20-4)7-11(10)15(9,16)3/h9-12,17,19H,5-8H2,1-4H3/t9-,10+,11+,12+,14-,15-,16+/m0/s1. The van der Waals surface area contributed by atoms with Crippen LogP contribution in [-0.2, 0) is 9.53 Å². The van der Waals surface area contributed by atoms with Crippen molar-refractivity contribution in [1.82, 2.24) is 0 Å². The molecule has 20 heavy (non-hydrogen) atoms. The van der Waals surface area contributed by atoms with Gasteiger partial charge in [-0.25, -0.2) is 0 Å². The minimum atomic E-state index is -0.765. The van der Waals surface area contributed by atoms with E-state index in [-0.39, 0.29) is 17.3 Å². The van der Waals surface area contributed by atoms with Gasteiger partial charge < -0.3 is 14.9 Å². The molecule has 3 aliphatic rings. The number of carbonyl (C=O) groups excluding carboxylic acids is 1. The van der Waals surface area contributed by atoms with Crippen LogP contribution in [-0.4, -0.2) is 35.0 Å². The molecule has 4 nitrogen and oxygen atoms in total. The van der Waals surface area contributed by atoms with Crippen LogP contribution in [0.3, 0.4) is 0 Å². The molecule has 0 saturated heterocycles. The second kappa shape index (κ2) is 3.98. The third-order valence-corrected chi connectivity index (χ3v) is 7.07. The fourth-order valence-corrected chi connectivity index (χ4v) is 5.77. The Bertz CT molecular complexity index is 450. The van der Waals surface area contributed by atoms with Crippen molar-refractivity contribution in [2.45, 2.75) is 58.2 Å². The van der Waals surface area contributed by atoms with Crippen LogP contribution < -0.4 is 0 Å². The molecule has 0 aliphatic heterocycles. The quantitative estimate of drug-likeness (QED) is 0.719. The number of methoxy groups -OCH3 is 1. The first-order valence-electron chi connectivity index (χ1n) is 7.67. The zero-order chi connectivity index (χ0) is 14.9. The second-order valence-corrected chi connectivity index (χ2v) is 7.91. The Morgan fingerprint density at radius 2 is 1.85 bits per heavy atom. The van der Waals surface area contributed by atoms with Crippen molar-refractivity contribution in [3.05, 3.63) is 0 Å². The molecule has 3 aliphatic carbocycles. The van der Waals surface area contributed by atoms with E-state index < -0.39 is 17.1 Å².